The third-order valence-corrected chi connectivity index (χ3v) is 5.64. The first-order chi connectivity index (χ1) is 13.3. The number of aryl methyl sites for hydroxylation is 2. The molecule has 0 aromatic heterocycles. The molecule has 3 rings (SSSR count). The number of aromatic hydroxyl groups is 1. The normalized spacial score (nSPS) is 17.4. The van der Waals surface area contributed by atoms with Crippen LogP contribution >= 0.6 is 23.4 Å². The Morgan fingerprint density at radius 1 is 1.21 bits per heavy atom. The van der Waals surface area contributed by atoms with Crippen molar-refractivity contribution in [2.24, 2.45) is 10.9 Å². The molecule has 1 amide bonds. The van der Waals surface area contributed by atoms with E-state index < -0.39 is 0 Å². The van der Waals surface area contributed by atoms with E-state index in [9.17, 15) is 9.90 Å². The Hall–Kier alpha value is -2.24. The minimum Gasteiger partial charge on any atom is -0.507 e. The Kier molecular flexibility index (Phi) is 6.16. The molecular formula is C22H23ClN2O2S. The molecule has 1 saturated heterocycles. The van der Waals surface area contributed by atoms with E-state index in [1.165, 1.54) is 11.8 Å². The van der Waals surface area contributed by atoms with Crippen LogP contribution in [0.3, 0.4) is 0 Å². The van der Waals surface area contributed by atoms with Gasteiger partial charge in [0.25, 0.3) is 5.91 Å². The third-order valence-electron chi connectivity index (χ3n) is 4.32. The Bertz CT molecular complexity index is 959. The van der Waals surface area contributed by atoms with Crippen molar-refractivity contribution in [2.45, 2.75) is 27.7 Å². The summed E-state index contributed by atoms with van der Waals surface area (Å²) in [5.74, 6) is 0.529. The Balaban J connectivity index is 2.01. The molecule has 1 aliphatic rings. The number of hydrogen-bond acceptors (Lipinski definition) is 4. The van der Waals surface area contributed by atoms with E-state index in [2.05, 4.69) is 18.8 Å². The molecule has 0 unspecified atom stereocenters. The molecule has 0 radical (unpaired) electrons. The summed E-state index contributed by atoms with van der Waals surface area (Å²) in [4.78, 5) is 20.0. The van der Waals surface area contributed by atoms with Crippen molar-refractivity contribution < 1.29 is 9.90 Å². The average molecular weight is 415 g/mol. The lowest BCUT2D eigenvalue weighted by atomic mass is 10.1. The zero-order valence-electron chi connectivity index (χ0n) is 16.4. The first-order valence-corrected chi connectivity index (χ1v) is 10.3. The highest BCUT2D eigenvalue weighted by Gasteiger charge is 2.33. The van der Waals surface area contributed by atoms with Gasteiger partial charge in [-0.05, 0) is 78.6 Å². The highest BCUT2D eigenvalue weighted by Crippen LogP contribution is 2.36. The second-order valence-electron chi connectivity index (χ2n) is 7.27. The van der Waals surface area contributed by atoms with Crippen molar-refractivity contribution in [2.75, 3.05) is 6.54 Å². The molecule has 146 valence electrons. The lowest BCUT2D eigenvalue weighted by Gasteiger charge is -2.17. The predicted molar refractivity (Wildman–Crippen MR) is 118 cm³/mol. The summed E-state index contributed by atoms with van der Waals surface area (Å²) >= 11 is 7.60. The summed E-state index contributed by atoms with van der Waals surface area (Å²) in [7, 11) is 0. The summed E-state index contributed by atoms with van der Waals surface area (Å²) in [5, 5.41) is 11.2. The molecule has 2 aromatic rings. The van der Waals surface area contributed by atoms with Crippen LogP contribution in [0.15, 0.2) is 46.3 Å². The second-order valence-corrected chi connectivity index (χ2v) is 8.69. The van der Waals surface area contributed by atoms with Crippen LogP contribution in [0.25, 0.3) is 6.08 Å². The van der Waals surface area contributed by atoms with Gasteiger partial charge in [0.2, 0.25) is 0 Å². The van der Waals surface area contributed by atoms with Gasteiger partial charge in [-0.15, -0.1) is 0 Å². The molecule has 1 fully saturated rings. The van der Waals surface area contributed by atoms with Gasteiger partial charge in [0.1, 0.15) is 5.75 Å². The first kappa shape index (κ1) is 20.5. The van der Waals surface area contributed by atoms with Gasteiger partial charge in [0.05, 0.1) is 15.6 Å². The summed E-state index contributed by atoms with van der Waals surface area (Å²) in [6.07, 6.45) is 1.86. The molecule has 0 saturated carbocycles. The van der Waals surface area contributed by atoms with E-state index in [1.54, 1.807) is 11.0 Å². The number of phenolic OH excluding ortho intramolecular Hbond substituents is 1. The van der Waals surface area contributed by atoms with E-state index in [4.69, 9.17) is 11.6 Å². The highest BCUT2D eigenvalue weighted by molar-refractivity contribution is 8.18. The lowest BCUT2D eigenvalue weighted by Crippen LogP contribution is -2.32. The SMILES string of the molecule is Cc1cc(/C=C2/SC(=Nc3ccccc3Cl)N(CC(C)C)C2=O)cc(C)c1O. The Labute approximate surface area is 174 Å². The molecule has 6 heteroatoms. The fraction of sp³-hybridized carbons (Fsp3) is 0.273. The molecule has 1 heterocycles. The van der Waals surface area contributed by atoms with Crippen molar-refractivity contribution in [3.8, 4) is 5.75 Å². The fourth-order valence-corrected chi connectivity index (χ4v) is 4.17. The van der Waals surface area contributed by atoms with E-state index in [-0.39, 0.29) is 11.7 Å². The number of benzene rings is 2. The lowest BCUT2D eigenvalue weighted by molar-refractivity contribution is -0.122. The van der Waals surface area contributed by atoms with Crippen LogP contribution in [-0.2, 0) is 4.79 Å². The van der Waals surface area contributed by atoms with Crippen LogP contribution in [0.4, 0.5) is 5.69 Å². The molecule has 4 nitrogen and oxygen atoms in total. The highest BCUT2D eigenvalue weighted by atomic mass is 35.5. The standard InChI is InChI=1S/C22H23ClN2O2S/c1-13(2)12-25-21(27)19(11-16-9-14(3)20(26)15(4)10-16)28-22(25)24-18-8-6-5-7-17(18)23/h5-11,13,26H,12H2,1-4H3/b19-11+,24-22?. The van der Waals surface area contributed by atoms with Gasteiger partial charge < -0.3 is 5.11 Å². The zero-order chi connectivity index (χ0) is 20.4. The minimum absolute atomic E-state index is 0.0621. The third kappa shape index (κ3) is 4.42. The van der Waals surface area contributed by atoms with Gasteiger partial charge >= 0.3 is 0 Å². The molecule has 2 aromatic carbocycles. The molecule has 1 aliphatic heterocycles. The summed E-state index contributed by atoms with van der Waals surface area (Å²) < 4.78 is 0. The Morgan fingerprint density at radius 2 is 1.86 bits per heavy atom. The molecule has 0 aliphatic carbocycles. The predicted octanol–water partition coefficient (Wildman–Crippen LogP) is 5.92. The van der Waals surface area contributed by atoms with Crippen LogP contribution in [-0.4, -0.2) is 27.6 Å². The number of para-hydroxylation sites is 1. The van der Waals surface area contributed by atoms with Gasteiger partial charge in [-0.25, -0.2) is 4.99 Å². The van der Waals surface area contributed by atoms with Crippen LogP contribution in [0, 0.1) is 19.8 Å². The van der Waals surface area contributed by atoms with E-state index in [0.717, 1.165) is 16.7 Å². The van der Waals surface area contributed by atoms with Crippen molar-refractivity contribution in [1.29, 1.82) is 0 Å². The van der Waals surface area contributed by atoms with Crippen molar-refractivity contribution in [1.82, 2.24) is 4.90 Å². The van der Waals surface area contributed by atoms with Crippen LogP contribution in [0.2, 0.25) is 5.02 Å². The van der Waals surface area contributed by atoms with Gasteiger partial charge in [0.15, 0.2) is 5.17 Å². The number of phenols is 1. The maximum absolute atomic E-state index is 13.0. The molecule has 0 spiro atoms. The smallest absolute Gasteiger partial charge is 0.266 e. The summed E-state index contributed by atoms with van der Waals surface area (Å²) in [6.45, 7) is 8.42. The zero-order valence-corrected chi connectivity index (χ0v) is 17.9. The molecule has 0 bridgehead atoms. The number of carbonyl (C=O) groups is 1. The van der Waals surface area contributed by atoms with Crippen molar-refractivity contribution in [3.63, 3.8) is 0 Å². The average Bonchev–Trinajstić information content (AvgIpc) is 2.90. The number of rotatable bonds is 4. The molecule has 0 atom stereocenters. The number of aliphatic imine (C=N–C) groups is 1. The number of amides is 1. The number of carbonyl (C=O) groups excluding carboxylic acids is 1. The minimum atomic E-state index is -0.0621. The first-order valence-electron chi connectivity index (χ1n) is 9.11. The topological polar surface area (TPSA) is 52.9 Å². The van der Waals surface area contributed by atoms with E-state index in [0.29, 0.717) is 33.2 Å². The summed E-state index contributed by atoms with van der Waals surface area (Å²) in [6, 6.07) is 11.1. The largest absolute Gasteiger partial charge is 0.507 e. The number of thioether (sulfide) groups is 1. The fourth-order valence-electron chi connectivity index (χ4n) is 2.99. The number of nitrogens with zero attached hydrogens (tertiary/aromatic N) is 2. The van der Waals surface area contributed by atoms with Gasteiger partial charge in [-0.1, -0.05) is 37.6 Å². The molecular weight excluding hydrogens is 392 g/mol. The van der Waals surface area contributed by atoms with Crippen molar-refractivity contribution in [3.05, 3.63) is 63.0 Å². The van der Waals surface area contributed by atoms with E-state index >= 15 is 0 Å². The number of halogens is 1. The summed E-state index contributed by atoms with van der Waals surface area (Å²) in [5.41, 5.74) is 3.09. The molecule has 1 N–H and O–H groups in total. The maximum Gasteiger partial charge on any atom is 0.266 e. The number of hydrogen-bond donors (Lipinski definition) is 1. The van der Waals surface area contributed by atoms with E-state index in [1.807, 2.05) is 50.3 Å². The Morgan fingerprint density at radius 3 is 2.46 bits per heavy atom. The van der Waals surface area contributed by atoms with Crippen LogP contribution in [0.1, 0.15) is 30.5 Å². The second kappa shape index (κ2) is 8.41. The number of amidine groups is 1. The van der Waals surface area contributed by atoms with Crippen LogP contribution in [0.5, 0.6) is 5.75 Å². The van der Waals surface area contributed by atoms with Gasteiger partial charge in [-0.3, -0.25) is 9.69 Å². The van der Waals surface area contributed by atoms with Crippen LogP contribution < -0.4 is 0 Å². The maximum atomic E-state index is 13.0. The molecule has 28 heavy (non-hydrogen) atoms. The van der Waals surface area contributed by atoms with Gasteiger partial charge in [-0.2, -0.15) is 0 Å². The van der Waals surface area contributed by atoms with Crippen molar-refractivity contribution >= 4 is 46.2 Å². The quantitative estimate of drug-likeness (QED) is 0.631. The van der Waals surface area contributed by atoms with Gasteiger partial charge in [0, 0.05) is 6.54 Å². The monoisotopic (exact) mass is 414 g/mol.